The fourth-order valence-corrected chi connectivity index (χ4v) is 3.73. The number of rotatable bonds is 8. The van der Waals surface area contributed by atoms with E-state index < -0.39 is 0 Å². The van der Waals surface area contributed by atoms with Crippen LogP contribution in [0.4, 0.5) is 0 Å². The number of hydrogen-bond donors (Lipinski definition) is 1. The molecule has 1 saturated heterocycles. The first-order valence-corrected chi connectivity index (χ1v) is 10.2. The van der Waals surface area contributed by atoms with Gasteiger partial charge in [-0.2, -0.15) is 0 Å². The van der Waals surface area contributed by atoms with E-state index in [1.165, 1.54) is 6.07 Å². The van der Waals surface area contributed by atoms with Gasteiger partial charge in [0, 0.05) is 24.6 Å². The second kappa shape index (κ2) is 9.96. The smallest absolute Gasteiger partial charge is 0.257 e. The molecule has 0 radical (unpaired) electrons. The van der Waals surface area contributed by atoms with Crippen LogP contribution in [0.25, 0.3) is 6.08 Å². The van der Waals surface area contributed by atoms with Gasteiger partial charge in [-0.1, -0.05) is 30.9 Å². The van der Waals surface area contributed by atoms with Gasteiger partial charge in [0.1, 0.15) is 17.2 Å². The molecule has 2 aromatic rings. The van der Waals surface area contributed by atoms with Crippen molar-refractivity contribution in [3.8, 4) is 17.2 Å². The van der Waals surface area contributed by atoms with E-state index >= 15 is 0 Å². The highest BCUT2D eigenvalue weighted by atomic mass is 16.5. The number of ether oxygens (including phenoxy) is 2. The molecule has 1 atom stereocenters. The Kier molecular flexibility index (Phi) is 7.12. The third-order valence-corrected chi connectivity index (χ3v) is 5.23. The van der Waals surface area contributed by atoms with Crippen molar-refractivity contribution in [1.82, 2.24) is 4.90 Å². The van der Waals surface area contributed by atoms with Crippen LogP contribution in [0.1, 0.15) is 46.0 Å². The highest BCUT2D eigenvalue weighted by Crippen LogP contribution is 2.29. The molecule has 0 saturated carbocycles. The number of aromatic hydroxyl groups is 1. The minimum Gasteiger partial charge on any atom is -0.507 e. The number of para-hydroxylation sites is 1. The van der Waals surface area contributed by atoms with E-state index in [0.717, 1.165) is 18.4 Å². The zero-order chi connectivity index (χ0) is 21.5. The first-order chi connectivity index (χ1) is 14.6. The molecule has 1 aliphatic rings. The maximum absolute atomic E-state index is 13.2. The molecule has 2 aromatic carbocycles. The third kappa shape index (κ3) is 4.64. The number of amides is 1. The number of phenols is 1. The van der Waals surface area contributed by atoms with E-state index in [0.29, 0.717) is 49.7 Å². The lowest BCUT2D eigenvalue weighted by Gasteiger charge is -2.33. The standard InChI is InChI=1S/C24H27NO5/c1-3-18-9-5-10-19(23(18)29-4-2)24(28)25-13-7-8-17(14-25)16-30-22-12-6-11-21(27)20(22)15-26/h3,5-6,9-12,15,17,27H,1,4,7-8,13-14,16H2,2H3. The molecular formula is C24H27NO5. The fourth-order valence-electron chi connectivity index (χ4n) is 3.73. The summed E-state index contributed by atoms with van der Waals surface area (Å²) in [6.45, 7) is 7.74. The van der Waals surface area contributed by atoms with Crippen LogP contribution >= 0.6 is 0 Å². The molecule has 0 bridgehead atoms. The van der Waals surface area contributed by atoms with Gasteiger partial charge in [0.25, 0.3) is 5.91 Å². The first-order valence-electron chi connectivity index (χ1n) is 10.2. The Morgan fingerprint density at radius 1 is 1.27 bits per heavy atom. The van der Waals surface area contributed by atoms with Gasteiger partial charge in [-0.05, 0) is 38.0 Å². The minimum absolute atomic E-state index is 0.0715. The van der Waals surface area contributed by atoms with Gasteiger partial charge in [0.2, 0.25) is 0 Å². The van der Waals surface area contributed by atoms with Crippen LogP contribution in [0.15, 0.2) is 43.0 Å². The number of likely N-dealkylation sites (tertiary alicyclic amines) is 1. The number of carbonyl (C=O) groups is 2. The van der Waals surface area contributed by atoms with Crippen LogP contribution < -0.4 is 9.47 Å². The fraction of sp³-hybridized carbons (Fsp3) is 0.333. The quantitative estimate of drug-likeness (QED) is 0.662. The van der Waals surface area contributed by atoms with E-state index in [-0.39, 0.29) is 23.1 Å². The number of piperidine rings is 1. The maximum Gasteiger partial charge on any atom is 0.257 e. The van der Waals surface area contributed by atoms with Crippen molar-refractivity contribution in [2.75, 3.05) is 26.3 Å². The van der Waals surface area contributed by atoms with Crippen LogP contribution in [0.3, 0.4) is 0 Å². The van der Waals surface area contributed by atoms with Crippen molar-refractivity contribution in [2.24, 2.45) is 5.92 Å². The van der Waals surface area contributed by atoms with Gasteiger partial charge in [0.05, 0.1) is 24.3 Å². The second-order valence-corrected chi connectivity index (χ2v) is 7.24. The van der Waals surface area contributed by atoms with Gasteiger partial charge in [-0.3, -0.25) is 9.59 Å². The number of carbonyl (C=O) groups excluding carboxylic acids is 2. The maximum atomic E-state index is 13.2. The highest BCUT2D eigenvalue weighted by molar-refractivity contribution is 5.98. The highest BCUT2D eigenvalue weighted by Gasteiger charge is 2.27. The summed E-state index contributed by atoms with van der Waals surface area (Å²) in [5.41, 5.74) is 1.47. The van der Waals surface area contributed by atoms with Crippen LogP contribution in [0.2, 0.25) is 0 Å². The van der Waals surface area contributed by atoms with Crippen molar-refractivity contribution in [2.45, 2.75) is 19.8 Å². The van der Waals surface area contributed by atoms with E-state index in [1.807, 2.05) is 24.0 Å². The van der Waals surface area contributed by atoms with Gasteiger partial charge in [-0.25, -0.2) is 0 Å². The number of benzene rings is 2. The average Bonchev–Trinajstić information content (AvgIpc) is 2.77. The van der Waals surface area contributed by atoms with Crippen LogP contribution in [-0.2, 0) is 0 Å². The van der Waals surface area contributed by atoms with E-state index in [2.05, 4.69) is 6.58 Å². The number of phenolic OH excluding ortho intramolecular Hbond substituents is 1. The van der Waals surface area contributed by atoms with Gasteiger partial charge in [-0.15, -0.1) is 0 Å². The Labute approximate surface area is 176 Å². The Hall–Kier alpha value is -3.28. The molecule has 1 N–H and O–H groups in total. The van der Waals surface area contributed by atoms with Gasteiger partial charge in [0.15, 0.2) is 6.29 Å². The molecule has 158 valence electrons. The molecular weight excluding hydrogens is 382 g/mol. The molecule has 1 heterocycles. The Bertz CT molecular complexity index is 924. The molecule has 30 heavy (non-hydrogen) atoms. The molecule has 0 aliphatic carbocycles. The second-order valence-electron chi connectivity index (χ2n) is 7.24. The largest absolute Gasteiger partial charge is 0.507 e. The lowest BCUT2D eigenvalue weighted by molar-refractivity contribution is 0.0629. The Morgan fingerprint density at radius 2 is 2.07 bits per heavy atom. The Morgan fingerprint density at radius 3 is 2.80 bits per heavy atom. The van der Waals surface area contributed by atoms with Crippen LogP contribution in [0.5, 0.6) is 17.2 Å². The number of aldehydes is 1. The van der Waals surface area contributed by atoms with Crippen molar-refractivity contribution in [1.29, 1.82) is 0 Å². The van der Waals surface area contributed by atoms with Gasteiger partial charge < -0.3 is 19.5 Å². The summed E-state index contributed by atoms with van der Waals surface area (Å²) in [4.78, 5) is 26.3. The average molecular weight is 409 g/mol. The molecule has 1 amide bonds. The minimum atomic E-state index is -0.103. The van der Waals surface area contributed by atoms with Crippen LogP contribution in [-0.4, -0.2) is 48.5 Å². The van der Waals surface area contributed by atoms with E-state index in [1.54, 1.807) is 24.3 Å². The molecule has 6 nitrogen and oxygen atoms in total. The van der Waals surface area contributed by atoms with Gasteiger partial charge >= 0.3 is 0 Å². The molecule has 1 unspecified atom stereocenters. The monoisotopic (exact) mass is 409 g/mol. The summed E-state index contributed by atoms with van der Waals surface area (Å²) >= 11 is 0. The summed E-state index contributed by atoms with van der Waals surface area (Å²) in [5, 5.41) is 9.80. The lowest BCUT2D eigenvalue weighted by Crippen LogP contribution is -2.41. The molecule has 6 heteroatoms. The van der Waals surface area contributed by atoms with E-state index in [4.69, 9.17) is 9.47 Å². The summed E-state index contributed by atoms with van der Waals surface area (Å²) in [6.07, 6.45) is 4.06. The summed E-state index contributed by atoms with van der Waals surface area (Å²) in [5.74, 6) is 0.869. The zero-order valence-electron chi connectivity index (χ0n) is 17.2. The van der Waals surface area contributed by atoms with Crippen molar-refractivity contribution < 1.29 is 24.2 Å². The number of nitrogens with zero attached hydrogens (tertiary/aromatic N) is 1. The zero-order valence-corrected chi connectivity index (χ0v) is 17.2. The molecule has 3 rings (SSSR count). The first kappa shape index (κ1) is 21.4. The molecule has 0 aromatic heterocycles. The predicted octanol–water partition coefficient (Wildman–Crippen LogP) is 4.18. The van der Waals surface area contributed by atoms with Crippen molar-refractivity contribution in [3.05, 3.63) is 59.7 Å². The summed E-state index contributed by atoms with van der Waals surface area (Å²) < 4.78 is 11.6. The summed E-state index contributed by atoms with van der Waals surface area (Å²) in [6, 6.07) is 10.2. The van der Waals surface area contributed by atoms with E-state index in [9.17, 15) is 14.7 Å². The number of hydrogen-bond acceptors (Lipinski definition) is 5. The Balaban J connectivity index is 1.71. The topological polar surface area (TPSA) is 76.1 Å². The summed E-state index contributed by atoms with van der Waals surface area (Å²) in [7, 11) is 0. The predicted molar refractivity (Wildman–Crippen MR) is 115 cm³/mol. The molecule has 0 spiro atoms. The van der Waals surface area contributed by atoms with Crippen molar-refractivity contribution in [3.63, 3.8) is 0 Å². The SMILES string of the molecule is C=Cc1cccc(C(=O)N2CCCC(COc3cccc(O)c3C=O)C2)c1OCC. The third-order valence-electron chi connectivity index (χ3n) is 5.23. The van der Waals surface area contributed by atoms with Crippen molar-refractivity contribution >= 4 is 18.3 Å². The molecule has 1 aliphatic heterocycles. The van der Waals surface area contributed by atoms with Crippen LogP contribution in [0, 0.1) is 5.92 Å². The lowest BCUT2D eigenvalue weighted by atomic mass is 9.97. The normalized spacial score (nSPS) is 16.0. The molecule has 1 fully saturated rings.